The van der Waals surface area contributed by atoms with E-state index in [-0.39, 0.29) is 0 Å². The van der Waals surface area contributed by atoms with Gasteiger partial charge in [0.15, 0.2) is 0 Å². The molecule has 1 heterocycles. The SMILES string of the molecule is Nc1ccnc(OC2CC2)c1N. The minimum Gasteiger partial charge on any atom is -0.473 e. The number of hydrogen-bond acceptors (Lipinski definition) is 4. The third-order valence-electron chi connectivity index (χ3n) is 1.79. The molecule has 1 fully saturated rings. The molecule has 0 aliphatic heterocycles. The highest BCUT2D eigenvalue weighted by molar-refractivity contribution is 5.67. The van der Waals surface area contributed by atoms with Gasteiger partial charge in [-0.05, 0) is 18.9 Å². The molecule has 0 atom stereocenters. The molecule has 1 aromatic heterocycles. The van der Waals surface area contributed by atoms with Crippen molar-refractivity contribution in [2.24, 2.45) is 0 Å². The Morgan fingerprint density at radius 2 is 2.17 bits per heavy atom. The van der Waals surface area contributed by atoms with Gasteiger partial charge in [0.25, 0.3) is 0 Å². The lowest BCUT2D eigenvalue weighted by Gasteiger charge is -2.06. The summed E-state index contributed by atoms with van der Waals surface area (Å²) < 4.78 is 5.42. The highest BCUT2D eigenvalue weighted by Gasteiger charge is 2.25. The van der Waals surface area contributed by atoms with Gasteiger partial charge in [0.1, 0.15) is 11.8 Å². The molecule has 0 spiro atoms. The van der Waals surface area contributed by atoms with Gasteiger partial charge in [0.05, 0.1) is 5.69 Å². The van der Waals surface area contributed by atoms with Gasteiger partial charge in [-0.1, -0.05) is 0 Å². The fourth-order valence-electron chi connectivity index (χ4n) is 0.906. The molecule has 1 aliphatic carbocycles. The zero-order valence-electron chi connectivity index (χ0n) is 6.66. The van der Waals surface area contributed by atoms with Crippen molar-refractivity contribution in [3.8, 4) is 5.88 Å². The summed E-state index contributed by atoms with van der Waals surface area (Å²) in [6.45, 7) is 0. The first-order chi connectivity index (χ1) is 5.77. The summed E-state index contributed by atoms with van der Waals surface area (Å²) in [6.07, 6.45) is 4.09. The van der Waals surface area contributed by atoms with E-state index in [2.05, 4.69) is 4.98 Å². The largest absolute Gasteiger partial charge is 0.473 e. The van der Waals surface area contributed by atoms with Crippen LogP contribution in [0.5, 0.6) is 5.88 Å². The Balaban J connectivity index is 2.23. The molecule has 0 amide bonds. The van der Waals surface area contributed by atoms with Crippen molar-refractivity contribution in [1.29, 1.82) is 0 Å². The van der Waals surface area contributed by atoms with Gasteiger partial charge < -0.3 is 16.2 Å². The average molecular weight is 165 g/mol. The van der Waals surface area contributed by atoms with Crippen LogP contribution in [0.3, 0.4) is 0 Å². The van der Waals surface area contributed by atoms with E-state index in [9.17, 15) is 0 Å². The second kappa shape index (κ2) is 2.55. The van der Waals surface area contributed by atoms with Gasteiger partial charge in [-0.15, -0.1) is 0 Å². The number of nitrogens with two attached hydrogens (primary N) is 2. The first-order valence-electron chi connectivity index (χ1n) is 3.94. The van der Waals surface area contributed by atoms with Crippen LogP contribution in [0.2, 0.25) is 0 Å². The second-order valence-corrected chi connectivity index (χ2v) is 2.94. The molecule has 0 aromatic carbocycles. The molecule has 1 aromatic rings. The number of rotatable bonds is 2. The van der Waals surface area contributed by atoms with Crippen molar-refractivity contribution in [1.82, 2.24) is 4.98 Å². The lowest BCUT2D eigenvalue weighted by molar-refractivity contribution is 0.293. The molecule has 2 rings (SSSR count). The molecule has 0 bridgehead atoms. The molecule has 64 valence electrons. The minimum absolute atomic E-state index is 0.307. The van der Waals surface area contributed by atoms with Crippen molar-refractivity contribution >= 4 is 11.4 Å². The Morgan fingerprint density at radius 3 is 2.83 bits per heavy atom. The molecule has 1 aliphatic rings. The van der Waals surface area contributed by atoms with Crippen molar-refractivity contribution < 1.29 is 4.74 Å². The predicted octanol–water partition coefficient (Wildman–Crippen LogP) is 0.787. The fraction of sp³-hybridized carbons (Fsp3) is 0.375. The predicted molar refractivity (Wildman–Crippen MR) is 46.7 cm³/mol. The summed E-state index contributed by atoms with van der Waals surface area (Å²) in [5, 5.41) is 0. The van der Waals surface area contributed by atoms with E-state index in [1.165, 1.54) is 0 Å². The quantitative estimate of drug-likeness (QED) is 0.679. The molecule has 4 N–H and O–H groups in total. The van der Waals surface area contributed by atoms with Gasteiger partial charge in [-0.3, -0.25) is 0 Å². The van der Waals surface area contributed by atoms with E-state index in [1.807, 2.05) is 0 Å². The van der Waals surface area contributed by atoms with E-state index < -0.39 is 0 Å². The van der Waals surface area contributed by atoms with Crippen LogP contribution in [-0.4, -0.2) is 11.1 Å². The van der Waals surface area contributed by atoms with Crippen LogP contribution in [0.15, 0.2) is 12.3 Å². The van der Waals surface area contributed by atoms with Gasteiger partial charge in [0, 0.05) is 6.20 Å². The highest BCUT2D eigenvalue weighted by Crippen LogP contribution is 2.31. The summed E-state index contributed by atoms with van der Waals surface area (Å²) in [5.74, 6) is 0.470. The van der Waals surface area contributed by atoms with E-state index in [4.69, 9.17) is 16.2 Å². The maximum absolute atomic E-state index is 5.65. The first kappa shape index (κ1) is 7.21. The summed E-state index contributed by atoms with van der Waals surface area (Å²) in [7, 11) is 0. The van der Waals surface area contributed by atoms with Gasteiger partial charge in [0.2, 0.25) is 5.88 Å². The van der Waals surface area contributed by atoms with Crippen molar-refractivity contribution in [2.45, 2.75) is 18.9 Å². The second-order valence-electron chi connectivity index (χ2n) is 2.94. The van der Waals surface area contributed by atoms with Crippen molar-refractivity contribution in [3.05, 3.63) is 12.3 Å². The van der Waals surface area contributed by atoms with E-state index in [0.29, 0.717) is 23.4 Å². The average Bonchev–Trinajstić information content (AvgIpc) is 2.83. The van der Waals surface area contributed by atoms with Crippen molar-refractivity contribution in [3.63, 3.8) is 0 Å². The lowest BCUT2D eigenvalue weighted by atomic mass is 10.3. The Kier molecular flexibility index (Phi) is 1.53. The molecule has 12 heavy (non-hydrogen) atoms. The first-order valence-corrected chi connectivity index (χ1v) is 3.94. The standard InChI is InChI=1S/C8H11N3O/c9-6-3-4-11-8(7(6)10)12-5-1-2-5/h3-5H,1-2,10H2,(H2,9,11). The molecule has 4 heteroatoms. The Morgan fingerprint density at radius 1 is 1.42 bits per heavy atom. The van der Waals surface area contributed by atoms with Gasteiger partial charge in [-0.2, -0.15) is 0 Å². The monoisotopic (exact) mass is 165 g/mol. The van der Waals surface area contributed by atoms with Crippen LogP contribution in [0.25, 0.3) is 0 Å². The molecule has 0 unspecified atom stereocenters. The molecular formula is C8H11N3O. The van der Waals surface area contributed by atoms with E-state index in [1.54, 1.807) is 12.3 Å². The molecule has 0 radical (unpaired) electrons. The van der Waals surface area contributed by atoms with E-state index >= 15 is 0 Å². The van der Waals surface area contributed by atoms with Crippen LogP contribution in [-0.2, 0) is 0 Å². The van der Waals surface area contributed by atoms with Crippen LogP contribution >= 0.6 is 0 Å². The normalized spacial score (nSPS) is 16.0. The summed E-state index contributed by atoms with van der Waals surface area (Å²) in [4.78, 5) is 3.99. The number of nitrogen functional groups attached to an aromatic ring is 2. The number of pyridine rings is 1. The van der Waals surface area contributed by atoms with E-state index in [0.717, 1.165) is 12.8 Å². The molecular weight excluding hydrogens is 154 g/mol. The fourth-order valence-corrected chi connectivity index (χ4v) is 0.906. The van der Waals surface area contributed by atoms with Crippen LogP contribution in [0.1, 0.15) is 12.8 Å². The Hall–Kier alpha value is -1.45. The summed E-state index contributed by atoms with van der Waals surface area (Å²) in [6, 6.07) is 1.66. The molecule has 0 saturated heterocycles. The number of anilines is 2. The minimum atomic E-state index is 0.307. The third kappa shape index (κ3) is 1.28. The number of aromatic nitrogens is 1. The van der Waals surface area contributed by atoms with Crippen LogP contribution < -0.4 is 16.2 Å². The Labute approximate surface area is 70.5 Å². The van der Waals surface area contributed by atoms with Crippen LogP contribution in [0.4, 0.5) is 11.4 Å². The van der Waals surface area contributed by atoms with Gasteiger partial charge >= 0.3 is 0 Å². The highest BCUT2D eigenvalue weighted by atomic mass is 16.5. The maximum atomic E-state index is 5.65. The maximum Gasteiger partial charge on any atom is 0.239 e. The molecule has 1 saturated carbocycles. The third-order valence-corrected chi connectivity index (χ3v) is 1.79. The number of nitrogens with zero attached hydrogens (tertiary/aromatic N) is 1. The van der Waals surface area contributed by atoms with Crippen LogP contribution in [0, 0.1) is 0 Å². The lowest BCUT2D eigenvalue weighted by Crippen LogP contribution is -2.04. The van der Waals surface area contributed by atoms with Crippen molar-refractivity contribution in [2.75, 3.05) is 11.5 Å². The smallest absolute Gasteiger partial charge is 0.239 e. The summed E-state index contributed by atoms with van der Waals surface area (Å²) in [5.41, 5.74) is 12.2. The summed E-state index contributed by atoms with van der Waals surface area (Å²) >= 11 is 0. The topological polar surface area (TPSA) is 74.2 Å². The Bertz CT molecular complexity index is 296. The van der Waals surface area contributed by atoms with Gasteiger partial charge in [-0.25, -0.2) is 4.98 Å². The molecule has 4 nitrogen and oxygen atoms in total. The number of hydrogen-bond donors (Lipinski definition) is 2. The zero-order chi connectivity index (χ0) is 8.55. The number of ether oxygens (including phenoxy) is 1. The zero-order valence-corrected chi connectivity index (χ0v) is 6.66.